The van der Waals surface area contributed by atoms with Gasteiger partial charge in [0, 0.05) is 38.4 Å². The molecule has 208 valence electrons. The topological polar surface area (TPSA) is 88.6 Å². The third-order valence-electron chi connectivity index (χ3n) is 7.29. The lowest BCUT2D eigenvalue weighted by Gasteiger charge is -2.28. The first-order chi connectivity index (χ1) is 18.3. The number of hydrogen-bond acceptors (Lipinski definition) is 8. The maximum atomic E-state index is 13.2. The highest BCUT2D eigenvalue weighted by atomic mass is 32.2. The van der Waals surface area contributed by atoms with Crippen LogP contribution in [0, 0.1) is 6.92 Å². The molecule has 0 N–H and O–H groups in total. The van der Waals surface area contributed by atoms with E-state index < -0.39 is 15.9 Å². The molecule has 0 spiro atoms. The zero-order chi connectivity index (χ0) is 27.1. The minimum Gasteiger partial charge on any atom is -0.426 e. The summed E-state index contributed by atoms with van der Waals surface area (Å²) in [5, 5.41) is 0. The minimum absolute atomic E-state index is 0.0863. The summed E-state index contributed by atoms with van der Waals surface area (Å²) in [6, 6.07) is 12.7. The van der Waals surface area contributed by atoms with Gasteiger partial charge in [0.15, 0.2) is 0 Å². The summed E-state index contributed by atoms with van der Waals surface area (Å²) in [5.41, 5.74) is 2.65. The summed E-state index contributed by atoms with van der Waals surface area (Å²) in [4.78, 5) is 22.9. The number of esters is 1. The molecule has 0 saturated carbocycles. The monoisotopic (exact) mass is 545 g/mol. The molecule has 2 saturated heterocycles. The number of anilines is 1. The Hall–Kier alpha value is -2.50. The second-order valence-corrected chi connectivity index (χ2v) is 11.6. The highest BCUT2D eigenvalue weighted by Crippen LogP contribution is 2.29. The van der Waals surface area contributed by atoms with Crippen LogP contribution in [0.5, 0.6) is 5.75 Å². The fourth-order valence-corrected chi connectivity index (χ4v) is 6.30. The number of nitrogens with zero attached hydrogens (tertiary/aromatic N) is 3. The lowest BCUT2D eigenvalue weighted by atomic mass is 9.96. The number of carbonyl (C=O) groups excluding carboxylic acids is 1. The van der Waals surface area contributed by atoms with Gasteiger partial charge in [0.05, 0.1) is 37.7 Å². The Kier molecular flexibility index (Phi) is 9.78. The maximum Gasteiger partial charge on any atom is 0.318 e. The van der Waals surface area contributed by atoms with Crippen LogP contribution in [0.4, 0.5) is 5.69 Å². The Morgan fingerprint density at radius 1 is 1.05 bits per heavy atom. The van der Waals surface area contributed by atoms with Gasteiger partial charge in [0.2, 0.25) is 0 Å². The number of sulfonamides is 1. The van der Waals surface area contributed by atoms with E-state index in [4.69, 9.17) is 14.3 Å². The van der Waals surface area contributed by atoms with Gasteiger partial charge in [-0.2, -0.15) is 0 Å². The lowest BCUT2D eigenvalue weighted by Crippen LogP contribution is -2.42. The van der Waals surface area contributed by atoms with Crippen LogP contribution in [-0.4, -0.2) is 83.3 Å². The lowest BCUT2D eigenvalue weighted by molar-refractivity contribution is -0.136. The Morgan fingerprint density at radius 3 is 2.34 bits per heavy atom. The van der Waals surface area contributed by atoms with E-state index in [2.05, 4.69) is 21.9 Å². The largest absolute Gasteiger partial charge is 0.426 e. The van der Waals surface area contributed by atoms with Crippen LogP contribution < -0.4 is 9.64 Å². The van der Waals surface area contributed by atoms with E-state index >= 15 is 0 Å². The van der Waals surface area contributed by atoms with Crippen molar-refractivity contribution in [2.75, 3.05) is 64.5 Å². The van der Waals surface area contributed by atoms with Crippen LogP contribution in [0.1, 0.15) is 43.2 Å². The number of morpholine rings is 1. The molecular formula is C28H39N3O6S. The van der Waals surface area contributed by atoms with Crippen molar-refractivity contribution in [2.24, 2.45) is 0 Å². The smallest absolute Gasteiger partial charge is 0.318 e. The normalized spacial score (nSPS) is 17.6. The van der Waals surface area contributed by atoms with E-state index in [1.54, 1.807) is 13.0 Å². The van der Waals surface area contributed by atoms with Crippen LogP contribution in [-0.2, 0) is 24.4 Å². The zero-order valence-electron chi connectivity index (χ0n) is 22.6. The Balaban J connectivity index is 1.41. The van der Waals surface area contributed by atoms with Crippen LogP contribution in [0.25, 0.3) is 0 Å². The summed E-state index contributed by atoms with van der Waals surface area (Å²) in [5.74, 6) is -0.419. The minimum atomic E-state index is -3.89. The molecular weight excluding hydrogens is 506 g/mol. The SMILES string of the molecule is CCC(C(=O)Oc1ccc(S(=O)(=O)N(CCN2CCOCC2)OC)cc1C)c1ccc(N2CCCC2)cc1. The molecule has 2 aromatic rings. The van der Waals surface area contributed by atoms with E-state index in [0.29, 0.717) is 37.5 Å². The van der Waals surface area contributed by atoms with Crippen molar-refractivity contribution in [1.82, 2.24) is 9.37 Å². The van der Waals surface area contributed by atoms with Crippen LogP contribution in [0.2, 0.25) is 0 Å². The quantitative estimate of drug-likeness (QED) is 0.241. The number of rotatable bonds is 11. The number of hydroxylamine groups is 1. The van der Waals surface area contributed by atoms with Gasteiger partial charge < -0.3 is 14.4 Å². The summed E-state index contributed by atoms with van der Waals surface area (Å²) < 4.78 is 38.6. The Labute approximate surface area is 226 Å². The molecule has 0 amide bonds. The molecule has 38 heavy (non-hydrogen) atoms. The number of ether oxygens (including phenoxy) is 2. The molecule has 1 atom stereocenters. The van der Waals surface area contributed by atoms with Gasteiger partial charge >= 0.3 is 5.97 Å². The molecule has 10 heteroatoms. The van der Waals surface area contributed by atoms with E-state index in [-0.39, 0.29) is 17.4 Å². The van der Waals surface area contributed by atoms with Crippen LogP contribution in [0.15, 0.2) is 47.4 Å². The third-order valence-corrected chi connectivity index (χ3v) is 9.01. The fourth-order valence-electron chi connectivity index (χ4n) is 4.98. The first kappa shape index (κ1) is 28.5. The van der Waals surface area contributed by atoms with Crippen molar-refractivity contribution in [3.8, 4) is 5.75 Å². The summed E-state index contributed by atoms with van der Waals surface area (Å²) in [7, 11) is -2.54. The second-order valence-electron chi connectivity index (χ2n) is 9.76. The van der Waals surface area contributed by atoms with Crippen LogP contribution in [0.3, 0.4) is 0 Å². The fraction of sp³-hybridized carbons (Fsp3) is 0.536. The van der Waals surface area contributed by atoms with Crippen molar-refractivity contribution in [3.63, 3.8) is 0 Å². The number of aryl methyl sites for hydroxylation is 1. The Morgan fingerprint density at radius 2 is 1.74 bits per heavy atom. The van der Waals surface area contributed by atoms with E-state index in [9.17, 15) is 13.2 Å². The molecule has 4 rings (SSSR count). The molecule has 0 aromatic heterocycles. The molecule has 9 nitrogen and oxygen atoms in total. The molecule has 2 aromatic carbocycles. The van der Waals surface area contributed by atoms with E-state index in [0.717, 1.165) is 36.2 Å². The first-order valence-electron chi connectivity index (χ1n) is 13.4. The van der Waals surface area contributed by atoms with Gasteiger partial charge in [0.25, 0.3) is 10.0 Å². The molecule has 2 aliphatic rings. The highest BCUT2D eigenvalue weighted by molar-refractivity contribution is 7.89. The second kappa shape index (κ2) is 13.0. The molecule has 1 unspecified atom stereocenters. The van der Waals surface area contributed by atoms with Gasteiger partial charge in [-0.1, -0.05) is 23.5 Å². The van der Waals surface area contributed by atoms with Gasteiger partial charge in [-0.3, -0.25) is 14.5 Å². The highest BCUT2D eigenvalue weighted by Gasteiger charge is 2.27. The standard InChI is InChI=1S/C28H39N3O6S/c1-4-26(23-7-9-24(10-8-23)30-13-5-6-14-30)28(32)37-27-12-11-25(21-22(27)2)38(33,34)31(35-3)16-15-29-17-19-36-20-18-29/h7-12,21,26H,4-6,13-20H2,1-3H3. The van der Waals surface area contributed by atoms with Crippen molar-refractivity contribution >= 4 is 21.7 Å². The molecule has 0 bridgehead atoms. The molecule has 2 fully saturated rings. The molecule has 2 heterocycles. The molecule has 0 aliphatic carbocycles. The summed E-state index contributed by atoms with van der Waals surface area (Å²) in [6.45, 7) is 9.38. The van der Waals surface area contributed by atoms with Crippen molar-refractivity contribution in [2.45, 2.75) is 43.9 Å². The third kappa shape index (κ3) is 6.73. The van der Waals surface area contributed by atoms with Gasteiger partial charge in [-0.25, -0.2) is 8.42 Å². The summed E-state index contributed by atoms with van der Waals surface area (Å²) >= 11 is 0. The average molecular weight is 546 g/mol. The zero-order valence-corrected chi connectivity index (χ0v) is 23.4. The van der Waals surface area contributed by atoms with Crippen molar-refractivity contribution in [3.05, 3.63) is 53.6 Å². The predicted molar refractivity (Wildman–Crippen MR) is 146 cm³/mol. The van der Waals surface area contributed by atoms with E-state index in [1.165, 1.54) is 37.8 Å². The van der Waals surface area contributed by atoms with Gasteiger partial charge in [0.1, 0.15) is 5.75 Å². The average Bonchev–Trinajstić information content (AvgIpc) is 3.47. The number of hydrogen-bond donors (Lipinski definition) is 0. The summed E-state index contributed by atoms with van der Waals surface area (Å²) in [6.07, 6.45) is 3.02. The van der Waals surface area contributed by atoms with Gasteiger partial charge in [-0.05, 0) is 67.6 Å². The molecule has 2 aliphatic heterocycles. The number of benzene rings is 2. The first-order valence-corrected chi connectivity index (χ1v) is 14.8. The van der Waals surface area contributed by atoms with Crippen molar-refractivity contribution in [1.29, 1.82) is 0 Å². The van der Waals surface area contributed by atoms with Crippen molar-refractivity contribution < 1.29 is 27.5 Å². The predicted octanol–water partition coefficient (Wildman–Crippen LogP) is 3.58. The van der Waals surface area contributed by atoms with E-state index in [1.807, 2.05) is 19.1 Å². The maximum absolute atomic E-state index is 13.2. The van der Waals surface area contributed by atoms with Gasteiger partial charge in [-0.15, -0.1) is 0 Å². The Bertz CT molecular complexity index is 1180. The van der Waals surface area contributed by atoms with Crippen LogP contribution >= 0.6 is 0 Å². The molecule has 0 radical (unpaired) electrons. The number of carbonyl (C=O) groups is 1.